The van der Waals surface area contributed by atoms with Gasteiger partial charge in [0.25, 0.3) is 5.79 Å². The Bertz CT molecular complexity index is 1340. The van der Waals surface area contributed by atoms with Gasteiger partial charge in [-0.1, -0.05) is 0 Å². The van der Waals surface area contributed by atoms with E-state index in [-0.39, 0.29) is 6.54 Å². The van der Waals surface area contributed by atoms with Crippen LogP contribution < -0.4 is 10.6 Å². The molecule has 56 heavy (non-hydrogen) atoms. The molecule has 4 heterocycles. The molecule has 0 spiro atoms. The van der Waals surface area contributed by atoms with Gasteiger partial charge in [0.2, 0.25) is 11.8 Å². The molecular formula is C32H55N3O21. The SMILES string of the molecule is CC(=O)N[C@H]1[C@H]([C@H](O)[C@H](O)CO)O[C@@](O[C@H]2[C@@H](O)[C@@H](CO)O[C@@H](O[C@H]3[C@H](O[C@@H]4O[C@@H](C)[C@@H](O)[C@@H](O)[C@@H]4O)[C@@H](NC(C)=O)CN(C)[C@@H]3CO)[C@@H]2O)(C(=O)O)C[C@@H]1O. The van der Waals surface area contributed by atoms with Crippen molar-refractivity contribution in [2.45, 2.75) is 149 Å². The number of hydrogen-bond acceptors (Lipinski definition) is 21. The Labute approximate surface area is 320 Å². The van der Waals surface area contributed by atoms with Gasteiger partial charge >= 0.3 is 5.97 Å². The van der Waals surface area contributed by atoms with Gasteiger partial charge in [0.05, 0.1) is 50.2 Å². The number of likely N-dealkylation sites (N-methyl/N-ethyl adjacent to an activating group) is 1. The van der Waals surface area contributed by atoms with E-state index in [1.807, 2.05) is 0 Å². The lowest BCUT2D eigenvalue weighted by atomic mass is 9.88. The number of piperidine rings is 1. The highest BCUT2D eigenvalue weighted by atomic mass is 16.8. The molecule has 0 saturated carbocycles. The normalized spacial score (nSPS) is 44.7. The van der Waals surface area contributed by atoms with E-state index in [9.17, 15) is 75.7 Å². The summed E-state index contributed by atoms with van der Waals surface area (Å²) in [6, 6.07) is -3.65. The van der Waals surface area contributed by atoms with Crippen molar-refractivity contribution in [3.63, 3.8) is 0 Å². The van der Waals surface area contributed by atoms with Crippen molar-refractivity contribution in [3.8, 4) is 0 Å². The Morgan fingerprint density at radius 2 is 1.43 bits per heavy atom. The van der Waals surface area contributed by atoms with Crippen LogP contribution in [0.2, 0.25) is 0 Å². The summed E-state index contributed by atoms with van der Waals surface area (Å²) in [5.74, 6) is -6.36. The number of ether oxygens (including phenoxy) is 6. The predicted octanol–water partition coefficient (Wildman–Crippen LogP) is -8.63. The van der Waals surface area contributed by atoms with Gasteiger partial charge in [0.1, 0.15) is 73.2 Å². The summed E-state index contributed by atoms with van der Waals surface area (Å²) in [4.78, 5) is 38.7. The summed E-state index contributed by atoms with van der Waals surface area (Å²) in [7, 11) is 1.54. The minimum absolute atomic E-state index is 0.00501. The zero-order valence-electron chi connectivity index (χ0n) is 31.0. The Balaban J connectivity index is 1.71. The van der Waals surface area contributed by atoms with Crippen molar-refractivity contribution in [3.05, 3.63) is 0 Å². The first-order valence-corrected chi connectivity index (χ1v) is 17.9. The molecule has 0 aromatic rings. The number of carboxylic acids is 1. The molecule has 0 aliphatic carbocycles. The van der Waals surface area contributed by atoms with E-state index in [1.54, 1.807) is 4.90 Å². The topological polar surface area (TPSA) is 377 Å². The fraction of sp³-hybridized carbons (Fsp3) is 0.906. The fourth-order valence-corrected chi connectivity index (χ4v) is 7.43. The zero-order chi connectivity index (χ0) is 42.0. The van der Waals surface area contributed by atoms with Crippen molar-refractivity contribution in [1.82, 2.24) is 15.5 Å². The average Bonchev–Trinajstić information content (AvgIpc) is 3.13. The molecule has 324 valence electrons. The Hall–Kier alpha value is -2.31. The van der Waals surface area contributed by atoms with E-state index in [1.165, 1.54) is 20.9 Å². The molecule has 0 bridgehead atoms. The maximum atomic E-state index is 12.9. The average molecular weight is 818 g/mol. The molecular weight excluding hydrogens is 762 g/mol. The molecule has 24 nitrogen and oxygen atoms in total. The molecule has 4 aliphatic heterocycles. The molecule has 4 aliphatic rings. The summed E-state index contributed by atoms with van der Waals surface area (Å²) < 4.78 is 34.9. The van der Waals surface area contributed by atoms with Crippen LogP contribution in [0, 0.1) is 0 Å². The molecule has 0 aromatic carbocycles. The Morgan fingerprint density at radius 3 is 1.98 bits per heavy atom. The maximum absolute atomic E-state index is 12.9. The summed E-state index contributed by atoms with van der Waals surface area (Å²) in [6.07, 6.45) is -29.8. The van der Waals surface area contributed by atoms with E-state index in [0.29, 0.717) is 0 Å². The van der Waals surface area contributed by atoms with Crippen LogP contribution in [0.25, 0.3) is 0 Å². The third-order valence-corrected chi connectivity index (χ3v) is 10.5. The first-order chi connectivity index (χ1) is 26.2. The van der Waals surface area contributed by atoms with Crippen molar-refractivity contribution in [2.24, 2.45) is 0 Å². The van der Waals surface area contributed by atoms with Crippen LogP contribution in [0.15, 0.2) is 0 Å². The third-order valence-electron chi connectivity index (χ3n) is 10.5. The van der Waals surface area contributed by atoms with Crippen molar-refractivity contribution in [2.75, 3.05) is 33.4 Å². The molecule has 4 fully saturated rings. The second-order valence-electron chi connectivity index (χ2n) is 14.5. The quantitative estimate of drug-likeness (QED) is 0.0774. The van der Waals surface area contributed by atoms with Gasteiger partial charge < -0.3 is 100 Å². The van der Waals surface area contributed by atoms with Crippen LogP contribution in [-0.4, -0.2) is 239 Å². The summed E-state index contributed by atoms with van der Waals surface area (Å²) >= 11 is 0. The number of nitrogens with one attached hydrogen (secondary N) is 2. The number of hydrogen-bond donors (Lipinski definition) is 14. The molecule has 14 N–H and O–H groups in total. The van der Waals surface area contributed by atoms with Gasteiger partial charge in [0, 0.05) is 26.8 Å². The smallest absolute Gasteiger partial charge is 0.364 e. The van der Waals surface area contributed by atoms with Crippen LogP contribution >= 0.6 is 0 Å². The zero-order valence-corrected chi connectivity index (χ0v) is 31.0. The second-order valence-corrected chi connectivity index (χ2v) is 14.5. The highest BCUT2D eigenvalue weighted by Gasteiger charge is 2.60. The van der Waals surface area contributed by atoms with Crippen LogP contribution in [-0.2, 0) is 42.8 Å². The number of carboxylic acid groups (broad SMARTS) is 1. The number of rotatable bonds is 14. The molecule has 24 heteroatoms. The van der Waals surface area contributed by atoms with Crippen molar-refractivity contribution < 1.29 is 104 Å². The van der Waals surface area contributed by atoms with E-state index < -0.39 is 166 Å². The number of carbonyl (C=O) groups excluding carboxylic acids is 2. The second kappa shape index (κ2) is 19.2. The van der Waals surface area contributed by atoms with Crippen molar-refractivity contribution in [1.29, 1.82) is 0 Å². The number of aliphatic hydroxyl groups excluding tert-OH is 11. The Kier molecular flexibility index (Phi) is 15.9. The summed E-state index contributed by atoms with van der Waals surface area (Å²) in [6.45, 7) is 0.896. The lowest BCUT2D eigenvalue weighted by molar-refractivity contribution is -0.381. The molecule has 4 rings (SSSR count). The number of likely N-dealkylation sites (tertiary alicyclic amines) is 1. The molecule has 0 radical (unpaired) electrons. The largest absolute Gasteiger partial charge is 0.477 e. The standard InChI is InChI=1S/C32H55N3O21/c1-10-19(43)22(46)23(47)29(51-10)53-25-13(33-11(2)39)6-35(4)14(7-36)26(25)54-30-24(48)28(21(45)17(9-38)52-30)56-32(31(49)50)5-15(41)18(34-12(3)40)27(55-32)20(44)16(42)8-37/h10,13-30,36-38,41-48H,5-9H2,1-4H3,(H,33,39)(H,34,40)(H,49,50)/t10-,13-,14+,15-,16+,17+,18+,19+,20+,21-,22+,23-,24+,25+,26+,27+,28-,29-,30-,32-/m0/s1. The molecule has 0 aromatic heterocycles. The number of nitrogens with zero attached hydrogens (tertiary/aromatic N) is 1. The van der Waals surface area contributed by atoms with E-state index >= 15 is 0 Å². The predicted molar refractivity (Wildman–Crippen MR) is 178 cm³/mol. The number of carbonyl (C=O) groups is 3. The minimum Gasteiger partial charge on any atom is -0.477 e. The van der Waals surface area contributed by atoms with Gasteiger partial charge in [-0.15, -0.1) is 0 Å². The number of amides is 2. The molecule has 0 unspecified atom stereocenters. The molecule has 20 atom stereocenters. The maximum Gasteiger partial charge on any atom is 0.364 e. The molecule has 4 saturated heterocycles. The minimum atomic E-state index is -3.07. The first-order valence-electron chi connectivity index (χ1n) is 17.9. The van der Waals surface area contributed by atoms with Crippen LogP contribution in [0.3, 0.4) is 0 Å². The third kappa shape index (κ3) is 9.75. The van der Waals surface area contributed by atoms with Gasteiger partial charge in [0.15, 0.2) is 12.6 Å². The van der Waals surface area contributed by atoms with Gasteiger partial charge in [-0.2, -0.15) is 0 Å². The summed E-state index contributed by atoms with van der Waals surface area (Å²) in [5, 5.41) is 132. The van der Waals surface area contributed by atoms with E-state index in [0.717, 1.165) is 6.92 Å². The van der Waals surface area contributed by atoms with Gasteiger partial charge in [-0.3, -0.25) is 14.5 Å². The number of aliphatic carboxylic acids is 1. The monoisotopic (exact) mass is 817 g/mol. The van der Waals surface area contributed by atoms with E-state index in [4.69, 9.17) is 28.4 Å². The lowest BCUT2D eigenvalue weighted by Gasteiger charge is -2.52. The lowest BCUT2D eigenvalue weighted by Crippen LogP contribution is -2.72. The van der Waals surface area contributed by atoms with Crippen LogP contribution in [0.4, 0.5) is 0 Å². The highest BCUT2D eigenvalue weighted by molar-refractivity contribution is 5.76. The number of aliphatic hydroxyl groups is 11. The Morgan fingerprint density at radius 1 is 0.821 bits per heavy atom. The summed E-state index contributed by atoms with van der Waals surface area (Å²) in [5.41, 5.74) is 0. The van der Waals surface area contributed by atoms with E-state index in [2.05, 4.69) is 10.6 Å². The van der Waals surface area contributed by atoms with Crippen molar-refractivity contribution >= 4 is 17.8 Å². The van der Waals surface area contributed by atoms with Crippen LogP contribution in [0.5, 0.6) is 0 Å². The van der Waals surface area contributed by atoms with Crippen LogP contribution in [0.1, 0.15) is 27.2 Å². The van der Waals surface area contributed by atoms with Gasteiger partial charge in [-0.05, 0) is 14.0 Å². The first kappa shape index (κ1) is 46.4. The highest BCUT2D eigenvalue weighted by Crippen LogP contribution is 2.39. The molecule has 2 amide bonds. The van der Waals surface area contributed by atoms with Gasteiger partial charge in [-0.25, -0.2) is 4.79 Å². The fourth-order valence-electron chi connectivity index (χ4n) is 7.43.